The molecular formula is C8H14N4O2S. The average Bonchev–Trinajstić information content (AvgIpc) is 2.73. The first kappa shape index (κ1) is 10.6. The standard InChI is InChI=1S/C8H14N4O2S/c1-6-7(5-10-11-6)15(13,14)12-4-2-3-8(12)9/h5,8H,2-4,9H2,1H3,(H,10,11). The number of hydrogen-bond acceptors (Lipinski definition) is 4. The number of aromatic amines is 1. The Kier molecular flexibility index (Phi) is 2.53. The van der Waals surface area contributed by atoms with E-state index in [1.54, 1.807) is 6.92 Å². The van der Waals surface area contributed by atoms with Crippen LogP contribution in [0.4, 0.5) is 0 Å². The van der Waals surface area contributed by atoms with Crippen molar-refractivity contribution >= 4 is 10.0 Å². The summed E-state index contributed by atoms with van der Waals surface area (Å²) in [5, 5.41) is 6.33. The van der Waals surface area contributed by atoms with Crippen LogP contribution in [0.3, 0.4) is 0 Å². The number of H-pyrrole nitrogens is 1. The Hall–Kier alpha value is -0.920. The molecule has 1 saturated heterocycles. The molecule has 0 bridgehead atoms. The molecule has 0 saturated carbocycles. The minimum Gasteiger partial charge on any atom is -0.315 e. The number of nitrogens with two attached hydrogens (primary N) is 1. The first-order valence-electron chi connectivity index (χ1n) is 4.81. The lowest BCUT2D eigenvalue weighted by atomic mass is 10.3. The van der Waals surface area contributed by atoms with Crippen LogP contribution in [0.1, 0.15) is 18.5 Å². The van der Waals surface area contributed by atoms with Gasteiger partial charge in [-0.05, 0) is 19.8 Å². The third-order valence-corrected chi connectivity index (χ3v) is 4.66. The lowest BCUT2D eigenvalue weighted by Crippen LogP contribution is -2.40. The van der Waals surface area contributed by atoms with Gasteiger partial charge in [0.2, 0.25) is 10.0 Å². The molecule has 1 aliphatic heterocycles. The lowest BCUT2D eigenvalue weighted by Gasteiger charge is -2.19. The van der Waals surface area contributed by atoms with Crippen LogP contribution in [-0.2, 0) is 10.0 Å². The van der Waals surface area contributed by atoms with Gasteiger partial charge in [-0.15, -0.1) is 0 Å². The van der Waals surface area contributed by atoms with Crippen molar-refractivity contribution in [3.05, 3.63) is 11.9 Å². The van der Waals surface area contributed by atoms with E-state index < -0.39 is 16.2 Å². The zero-order valence-corrected chi connectivity index (χ0v) is 9.29. The summed E-state index contributed by atoms with van der Waals surface area (Å²) in [6, 6.07) is 0. The van der Waals surface area contributed by atoms with Crippen molar-refractivity contribution in [3.8, 4) is 0 Å². The largest absolute Gasteiger partial charge is 0.315 e. The molecule has 1 fully saturated rings. The number of nitrogens with zero attached hydrogens (tertiary/aromatic N) is 2. The molecule has 1 aromatic heterocycles. The van der Waals surface area contributed by atoms with Crippen molar-refractivity contribution in [2.75, 3.05) is 6.54 Å². The topological polar surface area (TPSA) is 92.1 Å². The molecule has 0 aliphatic carbocycles. The van der Waals surface area contributed by atoms with E-state index >= 15 is 0 Å². The van der Waals surface area contributed by atoms with Gasteiger partial charge >= 0.3 is 0 Å². The van der Waals surface area contributed by atoms with Gasteiger partial charge in [0.15, 0.2) is 0 Å². The van der Waals surface area contributed by atoms with Gasteiger partial charge in [0, 0.05) is 6.54 Å². The van der Waals surface area contributed by atoms with E-state index in [2.05, 4.69) is 10.2 Å². The van der Waals surface area contributed by atoms with Crippen molar-refractivity contribution in [1.82, 2.24) is 14.5 Å². The Morgan fingerprint density at radius 1 is 1.67 bits per heavy atom. The van der Waals surface area contributed by atoms with Gasteiger partial charge in [-0.25, -0.2) is 8.42 Å². The molecule has 0 spiro atoms. The normalized spacial score (nSPS) is 23.5. The van der Waals surface area contributed by atoms with Crippen LogP contribution in [0.25, 0.3) is 0 Å². The fourth-order valence-electron chi connectivity index (χ4n) is 1.79. The maximum Gasteiger partial charge on any atom is 0.247 e. The molecule has 84 valence electrons. The lowest BCUT2D eigenvalue weighted by molar-refractivity contribution is 0.395. The van der Waals surface area contributed by atoms with E-state index in [4.69, 9.17) is 5.73 Å². The molecule has 6 nitrogen and oxygen atoms in total. The zero-order valence-electron chi connectivity index (χ0n) is 8.47. The number of hydrogen-bond donors (Lipinski definition) is 2. The van der Waals surface area contributed by atoms with Gasteiger partial charge in [0.25, 0.3) is 0 Å². The van der Waals surface area contributed by atoms with Crippen molar-refractivity contribution in [2.45, 2.75) is 30.8 Å². The average molecular weight is 230 g/mol. The highest BCUT2D eigenvalue weighted by molar-refractivity contribution is 7.89. The fraction of sp³-hybridized carbons (Fsp3) is 0.625. The Labute approximate surface area is 88.5 Å². The Morgan fingerprint density at radius 3 is 2.87 bits per heavy atom. The molecule has 2 rings (SSSR count). The van der Waals surface area contributed by atoms with Crippen LogP contribution in [0.2, 0.25) is 0 Å². The van der Waals surface area contributed by atoms with Crippen LogP contribution in [0, 0.1) is 6.92 Å². The van der Waals surface area contributed by atoms with Gasteiger partial charge in [0.05, 0.1) is 18.1 Å². The smallest absolute Gasteiger partial charge is 0.247 e. The van der Waals surface area contributed by atoms with E-state index in [-0.39, 0.29) is 4.90 Å². The summed E-state index contributed by atoms with van der Waals surface area (Å²) in [4.78, 5) is 0.222. The summed E-state index contributed by atoms with van der Waals surface area (Å²) in [6.45, 7) is 2.18. The molecule has 0 aromatic carbocycles. The van der Waals surface area contributed by atoms with E-state index in [0.717, 1.165) is 12.8 Å². The second-order valence-corrected chi connectivity index (χ2v) is 5.54. The van der Waals surface area contributed by atoms with Crippen LogP contribution in [-0.4, -0.2) is 35.6 Å². The molecule has 1 atom stereocenters. The first-order chi connectivity index (χ1) is 7.03. The Balaban J connectivity index is 2.39. The number of nitrogens with one attached hydrogen (secondary N) is 1. The molecule has 0 radical (unpaired) electrons. The van der Waals surface area contributed by atoms with Gasteiger partial charge in [-0.2, -0.15) is 9.40 Å². The molecule has 3 N–H and O–H groups in total. The molecule has 1 aromatic rings. The molecular weight excluding hydrogens is 216 g/mol. The zero-order chi connectivity index (χ0) is 11.1. The highest BCUT2D eigenvalue weighted by Gasteiger charge is 2.34. The fourth-order valence-corrected chi connectivity index (χ4v) is 3.49. The summed E-state index contributed by atoms with van der Waals surface area (Å²) >= 11 is 0. The van der Waals surface area contributed by atoms with Crippen LogP contribution < -0.4 is 5.73 Å². The highest BCUT2D eigenvalue weighted by Crippen LogP contribution is 2.24. The second-order valence-electron chi connectivity index (χ2n) is 3.68. The number of rotatable bonds is 2. The number of aryl methyl sites for hydroxylation is 1. The van der Waals surface area contributed by atoms with Crippen LogP contribution >= 0.6 is 0 Å². The minimum absolute atomic E-state index is 0.222. The molecule has 1 aliphatic rings. The maximum atomic E-state index is 12.1. The van der Waals surface area contributed by atoms with E-state index in [9.17, 15) is 8.42 Å². The summed E-state index contributed by atoms with van der Waals surface area (Å²) in [6.07, 6.45) is 2.47. The molecule has 2 heterocycles. The third-order valence-electron chi connectivity index (χ3n) is 2.62. The van der Waals surface area contributed by atoms with E-state index in [1.807, 2.05) is 0 Å². The summed E-state index contributed by atoms with van der Waals surface area (Å²) in [7, 11) is -3.46. The Morgan fingerprint density at radius 2 is 2.40 bits per heavy atom. The summed E-state index contributed by atoms with van der Waals surface area (Å²) in [5.74, 6) is 0. The minimum atomic E-state index is -3.46. The predicted octanol–water partition coefficient (Wildman–Crippen LogP) is -0.213. The molecule has 15 heavy (non-hydrogen) atoms. The monoisotopic (exact) mass is 230 g/mol. The van der Waals surface area contributed by atoms with E-state index in [1.165, 1.54) is 10.5 Å². The first-order valence-corrected chi connectivity index (χ1v) is 6.25. The van der Waals surface area contributed by atoms with Gasteiger partial charge in [-0.1, -0.05) is 0 Å². The van der Waals surface area contributed by atoms with Gasteiger partial charge in [-0.3, -0.25) is 5.10 Å². The van der Waals surface area contributed by atoms with Gasteiger partial charge in [0.1, 0.15) is 4.90 Å². The summed E-state index contributed by atoms with van der Waals surface area (Å²) in [5.41, 5.74) is 6.29. The van der Waals surface area contributed by atoms with Gasteiger partial charge < -0.3 is 5.73 Å². The van der Waals surface area contributed by atoms with Crippen LogP contribution in [0.15, 0.2) is 11.1 Å². The second kappa shape index (κ2) is 3.58. The molecule has 1 unspecified atom stereocenters. The third kappa shape index (κ3) is 1.66. The van der Waals surface area contributed by atoms with Crippen molar-refractivity contribution < 1.29 is 8.42 Å². The summed E-state index contributed by atoms with van der Waals surface area (Å²) < 4.78 is 25.6. The number of aromatic nitrogens is 2. The molecule has 7 heteroatoms. The van der Waals surface area contributed by atoms with E-state index in [0.29, 0.717) is 12.2 Å². The SMILES string of the molecule is Cc1[nH]ncc1S(=O)(=O)N1CCCC1N. The van der Waals surface area contributed by atoms with Crippen LogP contribution in [0.5, 0.6) is 0 Å². The molecule has 0 amide bonds. The highest BCUT2D eigenvalue weighted by atomic mass is 32.2. The maximum absolute atomic E-state index is 12.1. The quantitative estimate of drug-likeness (QED) is 0.735. The van der Waals surface area contributed by atoms with Crippen molar-refractivity contribution in [3.63, 3.8) is 0 Å². The van der Waals surface area contributed by atoms with Crippen molar-refractivity contribution in [1.29, 1.82) is 0 Å². The predicted molar refractivity (Wildman–Crippen MR) is 54.4 cm³/mol. The van der Waals surface area contributed by atoms with Crippen molar-refractivity contribution in [2.24, 2.45) is 5.73 Å². The number of sulfonamides is 1. The Bertz CT molecular complexity index is 453.